The molecule has 0 heterocycles. The molecule has 1 N–H and O–H groups in total. The number of benzene rings is 1. The van der Waals surface area contributed by atoms with Crippen LogP contribution in [-0.4, -0.2) is 45.8 Å². The molecule has 0 bridgehead atoms. The Balaban J connectivity index is 0.00000144. The Kier molecular flexibility index (Phi) is 5.79. The molecule has 0 spiro atoms. The van der Waals surface area contributed by atoms with Crippen molar-refractivity contribution in [1.82, 2.24) is 0 Å². The molecule has 1 rings (SSSR count). The molecule has 0 aliphatic rings. The predicted molar refractivity (Wildman–Crippen MR) is 55.2 cm³/mol. The van der Waals surface area contributed by atoms with Gasteiger partial charge >= 0.3 is 35.5 Å². The number of carbonyl (C=O) groups is 1. The number of thiocarbonyl (C=S) groups is 1. The molecule has 3 nitrogen and oxygen atoms in total. The molecule has 0 aliphatic heterocycles. The molecule has 0 amide bonds. The van der Waals surface area contributed by atoms with Gasteiger partial charge in [-0.05, 0) is 36.5 Å². The van der Waals surface area contributed by atoms with Gasteiger partial charge < -0.3 is 5.11 Å². The van der Waals surface area contributed by atoms with Crippen molar-refractivity contribution in [3.05, 3.63) is 29.8 Å². The van der Waals surface area contributed by atoms with E-state index in [0.717, 1.165) is 0 Å². The Morgan fingerprint density at radius 3 is 2.31 bits per heavy atom. The molecule has 62 valence electrons. The summed E-state index contributed by atoms with van der Waals surface area (Å²) in [5.74, 6) is -0.951. The third-order valence-corrected chi connectivity index (χ3v) is 1.38. The summed E-state index contributed by atoms with van der Waals surface area (Å²) in [6.07, 6.45) is 0. The van der Waals surface area contributed by atoms with Gasteiger partial charge in [0.25, 0.3) is 0 Å². The fraction of sp³-hybridized carbons (Fsp3) is 0. The van der Waals surface area contributed by atoms with Crippen LogP contribution in [0.5, 0.6) is 0 Å². The van der Waals surface area contributed by atoms with Crippen LogP contribution < -0.4 is 0 Å². The van der Waals surface area contributed by atoms with E-state index in [2.05, 4.69) is 22.4 Å². The van der Waals surface area contributed by atoms with Crippen molar-refractivity contribution in [3.8, 4) is 0 Å². The Labute approximate surface area is 103 Å². The maximum absolute atomic E-state index is 10.4. The Bertz CT molecular complexity index is 323. The van der Waals surface area contributed by atoms with Crippen molar-refractivity contribution in [2.75, 3.05) is 0 Å². The van der Waals surface area contributed by atoms with Crippen LogP contribution in [0.2, 0.25) is 0 Å². The summed E-state index contributed by atoms with van der Waals surface area (Å²) in [6.45, 7) is 0. The van der Waals surface area contributed by atoms with Crippen LogP contribution in [0.15, 0.2) is 29.3 Å². The molecular formula is C8H6NNaO2S. The minimum absolute atomic E-state index is 0. The second kappa shape index (κ2) is 6.02. The number of carboxylic acids is 1. The quantitative estimate of drug-likeness (QED) is 0.450. The van der Waals surface area contributed by atoms with Gasteiger partial charge in [0.15, 0.2) is 0 Å². The first-order valence-electron chi connectivity index (χ1n) is 3.15. The number of isothiocyanates is 1. The van der Waals surface area contributed by atoms with Gasteiger partial charge in [-0.1, -0.05) is 0 Å². The third kappa shape index (κ3) is 3.81. The van der Waals surface area contributed by atoms with Gasteiger partial charge in [-0.25, -0.2) is 4.79 Å². The molecule has 0 saturated heterocycles. The van der Waals surface area contributed by atoms with E-state index >= 15 is 0 Å². The molecule has 0 aromatic heterocycles. The van der Waals surface area contributed by atoms with E-state index in [0.29, 0.717) is 5.69 Å². The number of hydrogen-bond acceptors (Lipinski definition) is 3. The van der Waals surface area contributed by atoms with Gasteiger partial charge in [-0.15, -0.1) is 0 Å². The normalized spacial score (nSPS) is 8.00. The van der Waals surface area contributed by atoms with Gasteiger partial charge in [-0.3, -0.25) is 0 Å². The molecule has 0 saturated carbocycles. The van der Waals surface area contributed by atoms with E-state index in [1.54, 1.807) is 12.1 Å². The Morgan fingerprint density at radius 2 is 1.92 bits per heavy atom. The summed E-state index contributed by atoms with van der Waals surface area (Å²) < 4.78 is 0. The predicted octanol–water partition coefficient (Wildman–Crippen LogP) is 1.47. The Morgan fingerprint density at radius 1 is 1.38 bits per heavy atom. The van der Waals surface area contributed by atoms with E-state index in [1.165, 1.54) is 12.1 Å². The van der Waals surface area contributed by atoms with Gasteiger partial charge in [0, 0.05) is 0 Å². The van der Waals surface area contributed by atoms with Crippen molar-refractivity contribution in [2.24, 2.45) is 4.99 Å². The van der Waals surface area contributed by atoms with Crippen molar-refractivity contribution in [3.63, 3.8) is 0 Å². The topological polar surface area (TPSA) is 49.7 Å². The van der Waals surface area contributed by atoms with Crippen LogP contribution in [0.1, 0.15) is 10.4 Å². The van der Waals surface area contributed by atoms with E-state index < -0.39 is 5.97 Å². The second-order valence-corrected chi connectivity index (χ2v) is 2.24. The van der Waals surface area contributed by atoms with Crippen molar-refractivity contribution in [1.29, 1.82) is 0 Å². The number of carboxylic acid groups (broad SMARTS) is 1. The number of nitrogens with zero attached hydrogens (tertiary/aromatic N) is 1. The number of rotatable bonds is 2. The van der Waals surface area contributed by atoms with E-state index in [-0.39, 0.29) is 35.1 Å². The van der Waals surface area contributed by atoms with Gasteiger partial charge in [0.2, 0.25) is 0 Å². The summed E-state index contributed by atoms with van der Waals surface area (Å²) in [6, 6.07) is 6.08. The molecule has 0 radical (unpaired) electrons. The van der Waals surface area contributed by atoms with E-state index in [4.69, 9.17) is 5.11 Å². The average Bonchev–Trinajstić information content (AvgIpc) is 2.06. The third-order valence-electron chi connectivity index (χ3n) is 1.29. The monoisotopic (exact) mass is 203 g/mol. The fourth-order valence-electron chi connectivity index (χ4n) is 0.731. The molecule has 1 aromatic rings. The fourth-order valence-corrected chi connectivity index (χ4v) is 0.837. The summed E-state index contributed by atoms with van der Waals surface area (Å²) in [5, 5.41) is 10.7. The van der Waals surface area contributed by atoms with Crippen molar-refractivity contribution in [2.45, 2.75) is 0 Å². The van der Waals surface area contributed by atoms with Crippen LogP contribution >= 0.6 is 12.2 Å². The van der Waals surface area contributed by atoms with E-state index in [1.807, 2.05) is 0 Å². The number of aromatic carboxylic acids is 1. The van der Waals surface area contributed by atoms with Crippen LogP contribution in [0.4, 0.5) is 5.69 Å². The Hall–Kier alpha value is -0.510. The molecule has 5 heteroatoms. The van der Waals surface area contributed by atoms with Crippen LogP contribution in [0.25, 0.3) is 0 Å². The zero-order valence-electron chi connectivity index (χ0n) is 6.02. The number of aliphatic imine (C=N–C) groups is 1. The first-order chi connectivity index (χ1) is 5.74. The number of hydrogen-bond donors (Lipinski definition) is 1. The first-order valence-corrected chi connectivity index (χ1v) is 3.56. The standard InChI is InChI=1S/C8H5NO2S.Na.H/c10-8(11)6-1-3-7(4-2-6)9-5-12;;/h1-4H,(H,10,11);;. The molecule has 0 unspecified atom stereocenters. The molecular weight excluding hydrogens is 197 g/mol. The zero-order chi connectivity index (χ0) is 8.97. The van der Waals surface area contributed by atoms with Crippen molar-refractivity contribution >= 4 is 58.6 Å². The second-order valence-electron chi connectivity index (χ2n) is 2.06. The van der Waals surface area contributed by atoms with Gasteiger partial charge in [0.1, 0.15) is 0 Å². The molecule has 0 aliphatic carbocycles. The van der Waals surface area contributed by atoms with Gasteiger partial charge in [0.05, 0.1) is 16.4 Å². The van der Waals surface area contributed by atoms with Crippen LogP contribution in [0.3, 0.4) is 0 Å². The summed E-state index contributed by atoms with van der Waals surface area (Å²) in [5.41, 5.74) is 0.841. The average molecular weight is 203 g/mol. The first kappa shape index (κ1) is 12.5. The zero-order valence-corrected chi connectivity index (χ0v) is 6.84. The summed E-state index contributed by atoms with van der Waals surface area (Å²) in [7, 11) is 0. The molecule has 1 aromatic carbocycles. The molecule has 13 heavy (non-hydrogen) atoms. The summed E-state index contributed by atoms with van der Waals surface area (Å²) in [4.78, 5) is 14.1. The van der Waals surface area contributed by atoms with Crippen molar-refractivity contribution < 1.29 is 9.90 Å². The molecule has 0 atom stereocenters. The van der Waals surface area contributed by atoms with E-state index in [9.17, 15) is 4.79 Å². The van der Waals surface area contributed by atoms with Gasteiger partial charge in [-0.2, -0.15) is 4.99 Å². The van der Waals surface area contributed by atoms with Crippen LogP contribution in [0, 0.1) is 0 Å². The SMILES string of the molecule is O=C(O)c1ccc(N=C=S)cc1.[NaH]. The minimum atomic E-state index is -0.951. The maximum atomic E-state index is 10.4. The van der Waals surface area contributed by atoms with Crippen LogP contribution in [-0.2, 0) is 0 Å². The summed E-state index contributed by atoms with van der Waals surface area (Å²) >= 11 is 4.39. The molecule has 0 fully saturated rings.